The molecule has 21 heavy (non-hydrogen) atoms. The van der Waals surface area contributed by atoms with Crippen LogP contribution in [0.3, 0.4) is 0 Å². The summed E-state index contributed by atoms with van der Waals surface area (Å²) in [5, 5.41) is 0.479. The highest BCUT2D eigenvalue weighted by atomic mass is 16.7. The van der Waals surface area contributed by atoms with E-state index in [1.54, 1.807) is 14.2 Å². The lowest BCUT2D eigenvalue weighted by atomic mass is 10.1. The molecule has 0 aromatic rings. The van der Waals surface area contributed by atoms with Crippen molar-refractivity contribution in [2.24, 2.45) is 5.92 Å². The molecule has 0 aromatic heterocycles. The number of hydrogen-bond donors (Lipinski definition) is 0. The highest BCUT2D eigenvalue weighted by molar-refractivity contribution is 6.01. The number of ether oxygens (including phenoxy) is 3. The van der Waals surface area contributed by atoms with Crippen LogP contribution in [0.25, 0.3) is 0 Å². The molecule has 8 nitrogen and oxygen atoms in total. The largest absolute Gasteiger partial charge is 0.388 e. The highest BCUT2D eigenvalue weighted by Crippen LogP contribution is 2.30. The fourth-order valence-corrected chi connectivity index (χ4v) is 2.12. The van der Waals surface area contributed by atoms with Gasteiger partial charge in [0.15, 0.2) is 6.29 Å². The Bertz CT molecular complexity index is 324. The lowest BCUT2D eigenvalue weighted by Crippen LogP contribution is -2.28. The molecule has 0 bridgehead atoms. The van der Waals surface area contributed by atoms with E-state index in [0.29, 0.717) is 5.06 Å². The molecule has 8 heteroatoms. The molecule has 0 aliphatic carbocycles. The zero-order valence-electron chi connectivity index (χ0n) is 12.3. The average Bonchev–Trinajstić information content (AvgIpc) is 3.12. The molecule has 0 radical (unpaired) electrons. The van der Waals surface area contributed by atoms with Crippen LogP contribution in [0.2, 0.25) is 0 Å². The van der Waals surface area contributed by atoms with Crippen molar-refractivity contribution < 1.29 is 33.4 Å². The van der Waals surface area contributed by atoms with Gasteiger partial charge in [0.2, 0.25) is 0 Å². The zero-order valence-corrected chi connectivity index (χ0v) is 12.3. The fraction of sp³-hybridized carbons (Fsp3) is 0.769. The number of nitrogens with zero attached hydrogens (tertiary/aromatic N) is 1. The van der Waals surface area contributed by atoms with E-state index in [4.69, 9.17) is 9.47 Å². The predicted molar refractivity (Wildman–Crippen MR) is 69.6 cm³/mol. The molecule has 0 aromatic carbocycles. The summed E-state index contributed by atoms with van der Waals surface area (Å²) in [6.45, 7) is 1.88. The summed E-state index contributed by atoms with van der Waals surface area (Å²) in [5.74, 6) is -0.191. The van der Waals surface area contributed by atoms with Gasteiger partial charge in [-0.25, -0.2) is 0 Å². The van der Waals surface area contributed by atoms with Crippen LogP contribution in [0.5, 0.6) is 0 Å². The van der Waals surface area contributed by atoms with Crippen LogP contribution >= 0.6 is 0 Å². The molecule has 3 aliphatic rings. The van der Waals surface area contributed by atoms with Gasteiger partial charge in [0.1, 0.15) is 0 Å². The summed E-state index contributed by atoms with van der Waals surface area (Å²) in [6.07, 6.45) is 2.87. The Morgan fingerprint density at radius 3 is 1.95 bits per heavy atom. The van der Waals surface area contributed by atoms with Gasteiger partial charge in [-0.3, -0.25) is 14.4 Å². The Hall–Kier alpha value is -1.51. The zero-order chi connectivity index (χ0) is 15.7. The third-order valence-electron chi connectivity index (χ3n) is 3.08. The standard InChI is InChI=1S/C6H10O2.C5H5NO4.C2H6O/c1-3-7-6-5(1)2-4-8-6;7-3-10-6-4(8)1-2-5(6)9;1-3-2/h5-6H,1-4H2;3H,1-2H2;1-2H3. The molecule has 0 N–H and O–H groups in total. The van der Waals surface area contributed by atoms with Gasteiger partial charge in [0.25, 0.3) is 11.8 Å². The second kappa shape index (κ2) is 9.43. The maximum atomic E-state index is 10.6. The summed E-state index contributed by atoms with van der Waals surface area (Å²) in [6, 6.07) is 0. The number of carbonyl (C=O) groups is 3. The first-order valence-electron chi connectivity index (χ1n) is 6.73. The molecule has 3 heterocycles. The van der Waals surface area contributed by atoms with Crippen LogP contribution in [0.15, 0.2) is 0 Å². The van der Waals surface area contributed by atoms with Crippen LogP contribution in [0.1, 0.15) is 25.7 Å². The third kappa shape index (κ3) is 5.41. The quantitative estimate of drug-likeness (QED) is 0.533. The maximum absolute atomic E-state index is 10.6. The molecule has 3 saturated heterocycles. The van der Waals surface area contributed by atoms with E-state index in [0.717, 1.165) is 19.1 Å². The Balaban J connectivity index is 0.000000180. The molecular weight excluding hydrogens is 282 g/mol. The van der Waals surface area contributed by atoms with Gasteiger partial charge in [-0.2, -0.15) is 0 Å². The first kappa shape index (κ1) is 17.5. The van der Waals surface area contributed by atoms with E-state index in [1.165, 1.54) is 12.8 Å². The molecule has 2 amide bonds. The van der Waals surface area contributed by atoms with Crippen molar-refractivity contribution in [3.63, 3.8) is 0 Å². The molecule has 0 unspecified atom stereocenters. The van der Waals surface area contributed by atoms with Gasteiger partial charge in [-0.1, -0.05) is 0 Å². The van der Waals surface area contributed by atoms with Crippen LogP contribution in [0.4, 0.5) is 0 Å². The SMILES string of the molecule is C1CC2CCOC2O1.COC.O=CON1C(=O)CCC1=O. The molecule has 3 fully saturated rings. The number of carbonyl (C=O) groups excluding carboxylic acids is 3. The highest BCUT2D eigenvalue weighted by Gasteiger charge is 2.33. The Morgan fingerprint density at radius 1 is 1.10 bits per heavy atom. The third-order valence-corrected chi connectivity index (χ3v) is 3.08. The molecule has 0 atom stereocenters. The number of hydroxylamine groups is 2. The van der Waals surface area contributed by atoms with E-state index in [9.17, 15) is 14.4 Å². The van der Waals surface area contributed by atoms with E-state index in [1.807, 2.05) is 0 Å². The lowest BCUT2D eigenvalue weighted by Gasteiger charge is -2.06. The maximum Gasteiger partial charge on any atom is 0.321 e. The number of fused-ring (bicyclic) bond motifs is 1. The van der Waals surface area contributed by atoms with E-state index in [-0.39, 0.29) is 25.6 Å². The van der Waals surface area contributed by atoms with Crippen molar-refractivity contribution in [1.29, 1.82) is 0 Å². The number of imide groups is 1. The van der Waals surface area contributed by atoms with Gasteiger partial charge in [0.05, 0.1) is 13.2 Å². The molecule has 3 aliphatic heterocycles. The second-order valence-corrected chi connectivity index (χ2v) is 4.64. The fourth-order valence-electron chi connectivity index (χ4n) is 2.12. The summed E-state index contributed by atoms with van der Waals surface area (Å²) >= 11 is 0. The van der Waals surface area contributed by atoms with Crippen molar-refractivity contribution in [3.05, 3.63) is 0 Å². The topological polar surface area (TPSA) is 91.4 Å². The first-order valence-corrected chi connectivity index (χ1v) is 6.73. The molecule has 0 saturated carbocycles. The number of amides is 2. The summed E-state index contributed by atoms with van der Waals surface area (Å²) in [5.41, 5.74) is 0. The van der Waals surface area contributed by atoms with Crippen LogP contribution in [-0.2, 0) is 33.4 Å². The minimum Gasteiger partial charge on any atom is -0.388 e. The Labute approximate surface area is 123 Å². The van der Waals surface area contributed by atoms with E-state index in [2.05, 4.69) is 9.57 Å². The van der Waals surface area contributed by atoms with Gasteiger partial charge in [0, 0.05) is 33.0 Å². The van der Waals surface area contributed by atoms with Gasteiger partial charge in [-0.05, 0) is 12.8 Å². The van der Waals surface area contributed by atoms with Crippen molar-refractivity contribution in [2.75, 3.05) is 27.4 Å². The second-order valence-electron chi connectivity index (χ2n) is 4.64. The van der Waals surface area contributed by atoms with Crippen molar-refractivity contribution in [1.82, 2.24) is 5.06 Å². The number of rotatable bonds is 2. The molecule has 0 spiro atoms. The minimum atomic E-state index is -0.461. The van der Waals surface area contributed by atoms with Crippen LogP contribution < -0.4 is 0 Å². The monoisotopic (exact) mass is 303 g/mol. The van der Waals surface area contributed by atoms with Crippen LogP contribution in [-0.4, -0.2) is 57.1 Å². The average molecular weight is 303 g/mol. The summed E-state index contributed by atoms with van der Waals surface area (Å²) < 4.78 is 14.8. The van der Waals surface area contributed by atoms with Crippen molar-refractivity contribution >= 4 is 18.3 Å². The van der Waals surface area contributed by atoms with Gasteiger partial charge in [-0.15, -0.1) is 5.06 Å². The normalized spacial score (nSPS) is 26.5. The number of hydrogen-bond acceptors (Lipinski definition) is 7. The Kier molecular flexibility index (Phi) is 7.88. The van der Waals surface area contributed by atoms with Crippen molar-refractivity contribution in [3.8, 4) is 0 Å². The van der Waals surface area contributed by atoms with Crippen molar-refractivity contribution in [2.45, 2.75) is 32.0 Å². The van der Waals surface area contributed by atoms with Gasteiger partial charge >= 0.3 is 6.47 Å². The summed E-state index contributed by atoms with van der Waals surface area (Å²) in [7, 11) is 3.25. The van der Waals surface area contributed by atoms with Crippen LogP contribution in [0, 0.1) is 5.92 Å². The minimum absolute atomic E-state index is 0.0567. The van der Waals surface area contributed by atoms with E-state index >= 15 is 0 Å². The Morgan fingerprint density at radius 2 is 1.57 bits per heavy atom. The molecule has 120 valence electrons. The molecule has 3 rings (SSSR count). The van der Waals surface area contributed by atoms with Gasteiger partial charge < -0.3 is 19.0 Å². The van der Waals surface area contributed by atoms with E-state index < -0.39 is 11.8 Å². The first-order chi connectivity index (χ1) is 10.1. The predicted octanol–water partition coefficient (Wildman–Crippen LogP) is 0.255. The molecular formula is C13H21NO7. The number of methoxy groups -OCH3 is 1. The summed E-state index contributed by atoms with van der Waals surface area (Å²) in [4.78, 5) is 35.0. The smallest absolute Gasteiger partial charge is 0.321 e. The lowest BCUT2D eigenvalue weighted by molar-refractivity contribution is -0.188.